The molecular weight excluding hydrogens is 336 g/mol. The molecule has 27 heavy (non-hydrogen) atoms. The monoisotopic (exact) mass is 354 g/mol. The summed E-state index contributed by atoms with van der Waals surface area (Å²) in [6.45, 7) is 0. The maximum absolute atomic E-state index is 12.6. The second kappa shape index (κ2) is 7.58. The maximum atomic E-state index is 12.6. The molecule has 0 unspecified atom stereocenters. The van der Waals surface area contributed by atoms with Gasteiger partial charge in [0.1, 0.15) is 0 Å². The van der Waals surface area contributed by atoms with Crippen molar-refractivity contribution in [3.05, 3.63) is 109 Å². The maximum Gasteiger partial charge on any atom is 0.273 e. The van der Waals surface area contributed by atoms with Crippen LogP contribution in [0.5, 0.6) is 0 Å². The highest BCUT2D eigenvalue weighted by atomic mass is 16.2. The molecule has 2 aromatic carbocycles. The van der Waals surface area contributed by atoms with Crippen LogP contribution < -0.4 is 5.43 Å². The first-order valence-corrected chi connectivity index (χ1v) is 8.61. The molecule has 0 bridgehead atoms. The molecule has 0 atom stereocenters. The first kappa shape index (κ1) is 16.6. The molecule has 0 spiro atoms. The number of carbonyl (C=O) groups excluding carboxylic acids is 1. The van der Waals surface area contributed by atoms with Crippen molar-refractivity contribution in [1.82, 2.24) is 14.6 Å². The van der Waals surface area contributed by atoms with E-state index in [1.807, 2.05) is 101 Å². The molecule has 0 saturated carbocycles. The zero-order chi connectivity index (χ0) is 18.5. The average Bonchev–Trinajstić information content (AvgIpc) is 3.41. The Morgan fingerprint density at radius 1 is 0.815 bits per heavy atom. The van der Waals surface area contributed by atoms with Crippen molar-refractivity contribution in [3.8, 4) is 11.4 Å². The van der Waals surface area contributed by atoms with E-state index in [1.54, 1.807) is 12.3 Å². The highest BCUT2D eigenvalue weighted by Crippen LogP contribution is 2.15. The van der Waals surface area contributed by atoms with Crippen molar-refractivity contribution in [3.63, 3.8) is 0 Å². The second-order valence-corrected chi connectivity index (χ2v) is 5.95. The Hall–Kier alpha value is -3.86. The zero-order valence-electron chi connectivity index (χ0n) is 14.6. The van der Waals surface area contributed by atoms with Crippen LogP contribution in [0.4, 0.5) is 0 Å². The molecule has 132 valence electrons. The van der Waals surface area contributed by atoms with Crippen LogP contribution in [0.2, 0.25) is 0 Å². The fourth-order valence-corrected chi connectivity index (χ4v) is 2.93. The van der Waals surface area contributed by atoms with Crippen LogP contribution in [0.3, 0.4) is 0 Å². The topological polar surface area (TPSA) is 51.3 Å². The van der Waals surface area contributed by atoms with E-state index >= 15 is 0 Å². The summed E-state index contributed by atoms with van der Waals surface area (Å²) in [5.41, 5.74) is 5.90. The average molecular weight is 354 g/mol. The molecule has 1 N–H and O–H groups in total. The van der Waals surface area contributed by atoms with Crippen LogP contribution >= 0.6 is 0 Å². The minimum Gasteiger partial charge on any atom is -0.323 e. The lowest BCUT2D eigenvalue weighted by Gasteiger charge is -2.09. The Bertz CT molecular complexity index is 1060. The molecule has 5 heteroatoms. The summed E-state index contributed by atoms with van der Waals surface area (Å²) in [7, 11) is 0. The standard InChI is InChI=1S/C22H18N4O/c27-22(20-12-4-5-13-21(20)25-14-6-7-15-25)24-23-17-19-11-8-16-26(19)18-9-2-1-3-10-18/h1-17H,(H,24,27). The SMILES string of the molecule is O=C(NN=Cc1cccn1-c1ccccc1)c1ccccc1-n1cccc1. The van der Waals surface area contributed by atoms with Gasteiger partial charge in [0.2, 0.25) is 0 Å². The number of hydrogen-bond donors (Lipinski definition) is 1. The summed E-state index contributed by atoms with van der Waals surface area (Å²) >= 11 is 0. The minimum atomic E-state index is -0.256. The van der Waals surface area contributed by atoms with Gasteiger partial charge in [0.25, 0.3) is 5.91 Å². The highest BCUT2D eigenvalue weighted by molar-refractivity contribution is 5.98. The summed E-state index contributed by atoms with van der Waals surface area (Å²) < 4.78 is 3.91. The molecule has 2 heterocycles. The Labute approximate surface area is 157 Å². The van der Waals surface area contributed by atoms with Crippen molar-refractivity contribution in [2.45, 2.75) is 0 Å². The van der Waals surface area contributed by atoms with E-state index in [-0.39, 0.29) is 5.91 Å². The summed E-state index contributed by atoms with van der Waals surface area (Å²) in [5, 5.41) is 4.14. The Balaban J connectivity index is 1.53. The van der Waals surface area contributed by atoms with E-state index < -0.39 is 0 Å². The van der Waals surface area contributed by atoms with Crippen LogP contribution in [0.15, 0.2) is 103 Å². The summed E-state index contributed by atoms with van der Waals surface area (Å²) in [6, 6.07) is 25.1. The second-order valence-electron chi connectivity index (χ2n) is 5.95. The van der Waals surface area contributed by atoms with E-state index in [0.29, 0.717) is 5.56 Å². The number of para-hydroxylation sites is 2. The van der Waals surface area contributed by atoms with Crippen molar-refractivity contribution in [2.24, 2.45) is 5.10 Å². The smallest absolute Gasteiger partial charge is 0.273 e. The molecule has 2 aromatic heterocycles. The minimum absolute atomic E-state index is 0.256. The molecule has 1 amide bonds. The molecular formula is C22H18N4O. The molecule has 0 saturated heterocycles. The first-order chi connectivity index (χ1) is 13.3. The number of hydrazone groups is 1. The van der Waals surface area contributed by atoms with E-state index in [4.69, 9.17) is 0 Å². The molecule has 4 aromatic rings. The van der Waals surface area contributed by atoms with Gasteiger partial charge in [0.15, 0.2) is 0 Å². The number of nitrogens with one attached hydrogen (secondary N) is 1. The molecule has 0 aliphatic carbocycles. The molecule has 4 rings (SSSR count). The number of nitrogens with zero attached hydrogens (tertiary/aromatic N) is 3. The van der Waals surface area contributed by atoms with E-state index in [9.17, 15) is 4.79 Å². The lowest BCUT2D eigenvalue weighted by atomic mass is 10.1. The number of rotatable bonds is 5. The van der Waals surface area contributed by atoms with Gasteiger partial charge < -0.3 is 9.13 Å². The van der Waals surface area contributed by atoms with Gasteiger partial charge in [0, 0.05) is 24.3 Å². The fraction of sp³-hybridized carbons (Fsp3) is 0. The predicted octanol–water partition coefficient (Wildman–Crippen LogP) is 4.03. The number of carbonyl (C=O) groups is 1. The van der Waals surface area contributed by atoms with Gasteiger partial charge in [0.05, 0.1) is 23.2 Å². The lowest BCUT2D eigenvalue weighted by Crippen LogP contribution is -2.19. The van der Waals surface area contributed by atoms with E-state index in [0.717, 1.165) is 17.1 Å². The zero-order valence-corrected chi connectivity index (χ0v) is 14.6. The molecule has 5 nitrogen and oxygen atoms in total. The van der Waals surface area contributed by atoms with E-state index in [1.165, 1.54) is 0 Å². The van der Waals surface area contributed by atoms with Gasteiger partial charge in [-0.25, -0.2) is 5.43 Å². The van der Waals surface area contributed by atoms with Crippen molar-refractivity contribution >= 4 is 12.1 Å². The van der Waals surface area contributed by atoms with Crippen LogP contribution in [0.1, 0.15) is 16.1 Å². The fourth-order valence-electron chi connectivity index (χ4n) is 2.93. The van der Waals surface area contributed by atoms with Gasteiger partial charge in [-0.15, -0.1) is 0 Å². The summed E-state index contributed by atoms with van der Waals surface area (Å²) in [5.74, 6) is -0.256. The van der Waals surface area contributed by atoms with E-state index in [2.05, 4.69) is 10.5 Å². The van der Waals surface area contributed by atoms with Crippen molar-refractivity contribution < 1.29 is 4.79 Å². The Morgan fingerprint density at radius 3 is 2.37 bits per heavy atom. The predicted molar refractivity (Wildman–Crippen MR) is 107 cm³/mol. The van der Waals surface area contributed by atoms with Gasteiger partial charge in [-0.1, -0.05) is 30.3 Å². The van der Waals surface area contributed by atoms with Gasteiger partial charge >= 0.3 is 0 Å². The molecule has 0 aliphatic rings. The van der Waals surface area contributed by atoms with Gasteiger partial charge in [-0.05, 0) is 48.5 Å². The normalized spacial score (nSPS) is 11.0. The highest BCUT2D eigenvalue weighted by Gasteiger charge is 2.11. The van der Waals surface area contributed by atoms with Crippen molar-refractivity contribution in [2.75, 3.05) is 0 Å². The quantitative estimate of drug-likeness (QED) is 0.427. The Morgan fingerprint density at radius 2 is 1.56 bits per heavy atom. The number of hydrogen-bond acceptors (Lipinski definition) is 2. The number of aromatic nitrogens is 2. The molecule has 0 fully saturated rings. The lowest BCUT2D eigenvalue weighted by molar-refractivity contribution is 0.0955. The number of amides is 1. The Kier molecular flexibility index (Phi) is 4.66. The first-order valence-electron chi connectivity index (χ1n) is 8.61. The third kappa shape index (κ3) is 3.57. The van der Waals surface area contributed by atoms with Gasteiger partial charge in [-0.3, -0.25) is 4.79 Å². The number of benzene rings is 2. The van der Waals surface area contributed by atoms with Crippen LogP contribution in [0, 0.1) is 0 Å². The van der Waals surface area contributed by atoms with Crippen LogP contribution in [-0.4, -0.2) is 21.3 Å². The van der Waals surface area contributed by atoms with Crippen LogP contribution in [-0.2, 0) is 0 Å². The third-order valence-electron chi connectivity index (χ3n) is 4.21. The molecule has 0 radical (unpaired) electrons. The van der Waals surface area contributed by atoms with Crippen molar-refractivity contribution in [1.29, 1.82) is 0 Å². The van der Waals surface area contributed by atoms with Crippen LogP contribution in [0.25, 0.3) is 11.4 Å². The van der Waals surface area contributed by atoms with Gasteiger partial charge in [-0.2, -0.15) is 5.10 Å². The molecule has 0 aliphatic heterocycles. The summed E-state index contributed by atoms with van der Waals surface area (Å²) in [6.07, 6.45) is 7.41. The summed E-state index contributed by atoms with van der Waals surface area (Å²) in [4.78, 5) is 12.6. The largest absolute Gasteiger partial charge is 0.323 e. The third-order valence-corrected chi connectivity index (χ3v) is 4.21.